The van der Waals surface area contributed by atoms with Crippen molar-refractivity contribution in [3.63, 3.8) is 0 Å². The molecule has 0 fully saturated rings. The standard InChI is InChI=1S/C18H16.Si/c1-3-7-15-13(5-1)9-11-18-16-8-4-2-6-14(16)10-12-17(15)18;/h1,3,5,7,9-12H,2,4,6,8H2;. The van der Waals surface area contributed by atoms with Gasteiger partial charge in [0.05, 0.1) is 0 Å². The van der Waals surface area contributed by atoms with Gasteiger partial charge in [0.1, 0.15) is 0 Å². The Morgan fingerprint density at radius 2 is 1.42 bits per heavy atom. The van der Waals surface area contributed by atoms with Crippen LogP contribution in [0.1, 0.15) is 24.0 Å². The number of fused-ring (bicyclic) bond motifs is 5. The first-order valence-corrected chi connectivity index (χ1v) is 6.86. The van der Waals surface area contributed by atoms with Crippen LogP contribution in [0.4, 0.5) is 0 Å². The lowest BCUT2D eigenvalue weighted by Gasteiger charge is -2.18. The highest BCUT2D eigenvalue weighted by atomic mass is 28.1. The quantitative estimate of drug-likeness (QED) is 0.412. The zero-order valence-electron chi connectivity index (χ0n) is 10.9. The van der Waals surface area contributed by atoms with Gasteiger partial charge in [0.25, 0.3) is 0 Å². The van der Waals surface area contributed by atoms with E-state index in [0.717, 1.165) is 0 Å². The van der Waals surface area contributed by atoms with Crippen molar-refractivity contribution in [3.05, 3.63) is 59.7 Å². The molecule has 0 heterocycles. The summed E-state index contributed by atoms with van der Waals surface area (Å²) in [5, 5.41) is 5.64. The Balaban J connectivity index is 0.00000110. The molecule has 4 rings (SSSR count). The number of benzene rings is 3. The largest absolute Gasteiger partial charge is 0.0616 e. The second-order valence-electron chi connectivity index (χ2n) is 5.29. The smallest absolute Gasteiger partial charge is 0 e. The highest BCUT2D eigenvalue weighted by molar-refractivity contribution is 6.08. The first-order valence-electron chi connectivity index (χ1n) is 6.86. The van der Waals surface area contributed by atoms with E-state index < -0.39 is 0 Å². The van der Waals surface area contributed by atoms with E-state index in [1.54, 1.807) is 11.1 Å². The van der Waals surface area contributed by atoms with Crippen LogP contribution in [-0.4, -0.2) is 11.0 Å². The monoisotopic (exact) mass is 260 g/mol. The van der Waals surface area contributed by atoms with E-state index in [0.29, 0.717) is 0 Å². The molecule has 0 aromatic heterocycles. The van der Waals surface area contributed by atoms with Gasteiger partial charge in [-0.3, -0.25) is 0 Å². The second-order valence-corrected chi connectivity index (χ2v) is 5.29. The normalized spacial score (nSPS) is 14.1. The first-order chi connectivity index (χ1) is 8.93. The Labute approximate surface area is 118 Å². The van der Waals surface area contributed by atoms with Gasteiger partial charge < -0.3 is 0 Å². The van der Waals surface area contributed by atoms with E-state index in [1.807, 2.05) is 0 Å². The van der Waals surface area contributed by atoms with Gasteiger partial charge in [-0.2, -0.15) is 0 Å². The summed E-state index contributed by atoms with van der Waals surface area (Å²) in [6.45, 7) is 0. The number of hydrogen-bond donors (Lipinski definition) is 0. The molecular weight excluding hydrogens is 244 g/mol. The predicted octanol–water partition coefficient (Wildman–Crippen LogP) is 4.49. The van der Waals surface area contributed by atoms with Crippen molar-refractivity contribution in [2.45, 2.75) is 25.7 Å². The molecule has 92 valence electrons. The molecule has 1 aliphatic carbocycles. The summed E-state index contributed by atoms with van der Waals surface area (Å²) in [7, 11) is 0. The van der Waals surface area contributed by atoms with Crippen LogP contribution in [0.25, 0.3) is 21.5 Å². The van der Waals surface area contributed by atoms with Crippen molar-refractivity contribution >= 4 is 32.5 Å². The molecule has 0 bridgehead atoms. The number of aryl methyl sites for hydroxylation is 2. The van der Waals surface area contributed by atoms with Gasteiger partial charge in [-0.25, -0.2) is 0 Å². The average Bonchev–Trinajstić information content (AvgIpc) is 2.46. The molecule has 1 heteroatoms. The highest BCUT2D eigenvalue weighted by Gasteiger charge is 2.12. The number of rotatable bonds is 0. The molecule has 0 N–H and O–H groups in total. The fourth-order valence-electron chi connectivity index (χ4n) is 3.34. The molecule has 0 saturated carbocycles. The van der Waals surface area contributed by atoms with Gasteiger partial charge in [0.15, 0.2) is 0 Å². The van der Waals surface area contributed by atoms with Crippen LogP contribution in [0.15, 0.2) is 48.5 Å². The molecule has 4 radical (unpaired) electrons. The fraction of sp³-hybridized carbons (Fsp3) is 0.222. The Morgan fingerprint density at radius 1 is 0.632 bits per heavy atom. The highest BCUT2D eigenvalue weighted by Crippen LogP contribution is 2.32. The molecule has 0 atom stereocenters. The van der Waals surface area contributed by atoms with Crippen molar-refractivity contribution in [1.82, 2.24) is 0 Å². The lowest BCUT2D eigenvalue weighted by atomic mass is 9.86. The summed E-state index contributed by atoms with van der Waals surface area (Å²) >= 11 is 0. The average molecular weight is 260 g/mol. The molecule has 3 aromatic carbocycles. The molecule has 3 aromatic rings. The van der Waals surface area contributed by atoms with E-state index in [1.165, 1.54) is 47.2 Å². The Kier molecular flexibility index (Phi) is 3.15. The molecular formula is C18H16Si. The van der Waals surface area contributed by atoms with Gasteiger partial charge in [-0.1, -0.05) is 48.5 Å². The second kappa shape index (κ2) is 4.82. The molecule has 0 saturated heterocycles. The molecule has 0 nitrogen and oxygen atoms in total. The lowest BCUT2D eigenvalue weighted by Crippen LogP contribution is -2.02. The van der Waals surface area contributed by atoms with Crippen molar-refractivity contribution in [2.24, 2.45) is 0 Å². The molecule has 0 unspecified atom stereocenters. The summed E-state index contributed by atoms with van der Waals surface area (Å²) in [6.07, 6.45) is 5.22. The van der Waals surface area contributed by atoms with Gasteiger partial charge >= 0.3 is 0 Å². The third-order valence-electron chi connectivity index (χ3n) is 4.26. The van der Waals surface area contributed by atoms with E-state index in [-0.39, 0.29) is 11.0 Å². The predicted molar refractivity (Wildman–Crippen MR) is 83.9 cm³/mol. The van der Waals surface area contributed by atoms with Crippen LogP contribution in [0, 0.1) is 0 Å². The van der Waals surface area contributed by atoms with E-state index in [4.69, 9.17) is 0 Å². The van der Waals surface area contributed by atoms with Crippen LogP contribution in [0.3, 0.4) is 0 Å². The number of hydrogen-bond acceptors (Lipinski definition) is 0. The minimum atomic E-state index is 0. The Bertz CT molecular complexity index is 743. The third kappa shape index (κ3) is 1.89. The minimum absolute atomic E-state index is 0. The Morgan fingerprint density at radius 3 is 2.37 bits per heavy atom. The third-order valence-corrected chi connectivity index (χ3v) is 4.26. The summed E-state index contributed by atoms with van der Waals surface area (Å²) in [5.74, 6) is 0. The van der Waals surface area contributed by atoms with Gasteiger partial charge in [0.2, 0.25) is 0 Å². The van der Waals surface area contributed by atoms with Crippen LogP contribution in [0.2, 0.25) is 0 Å². The van der Waals surface area contributed by atoms with Crippen LogP contribution < -0.4 is 0 Å². The maximum absolute atomic E-state index is 2.35. The van der Waals surface area contributed by atoms with Crippen molar-refractivity contribution < 1.29 is 0 Å². The van der Waals surface area contributed by atoms with Gasteiger partial charge in [-0.05, 0) is 58.4 Å². The summed E-state index contributed by atoms with van der Waals surface area (Å²) < 4.78 is 0. The minimum Gasteiger partial charge on any atom is -0.0616 e. The Hall–Kier alpha value is -1.60. The van der Waals surface area contributed by atoms with Gasteiger partial charge in [0, 0.05) is 11.0 Å². The molecule has 19 heavy (non-hydrogen) atoms. The molecule has 0 aliphatic heterocycles. The van der Waals surface area contributed by atoms with Crippen LogP contribution >= 0.6 is 0 Å². The zero-order chi connectivity index (χ0) is 11.9. The van der Waals surface area contributed by atoms with E-state index in [2.05, 4.69) is 48.5 Å². The van der Waals surface area contributed by atoms with Gasteiger partial charge in [-0.15, -0.1) is 0 Å². The molecule has 0 spiro atoms. The maximum Gasteiger partial charge on any atom is 0 e. The first kappa shape index (κ1) is 12.4. The fourth-order valence-corrected chi connectivity index (χ4v) is 3.34. The van der Waals surface area contributed by atoms with Crippen LogP contribution in [-0.2, 0) is 12.8 Å². The summed E-state index contributed by atoms with van der Waals surface area (Å²) in [6, 6.07) is 18.0. The summed E-state index contributed by atoms with van der Waals surface area (Å²) in [5.41, 5.74) is 3.17. The molecule has 0 amide bonds. The topological polar surface area (TPSA) is 0 Å². The van der Waals surface area contributed by atoms with E-state index in [9.17, 15) is 0 Å². The lowest BCUT2D eigenvalue weighted by molar-refractivity contribution is 0.690. The SMILES string of the molecule is [Si].c1ccc2c(c1)ccc1c3c(ccc12)CCCC3. The van der Waals surface area contributed by atoms with Crippen molar-refractivity contribution in [2.75, 3.05) is 0 Å². The van der Waals surface area contributed by atoms with Crippen molar-refractivity contribution in [1.29, 1.82) is 0 Å². The van der Waals surface area contributed by atoms with Crippen LogP contribution in [0.5, 0.6) is 0 Å². The summed E-state index contributed by atoms with van der Waals surface area (Å²) in [4.78, 5) is 0. The van der Waals surface area contributed by atoms with E-state index >= 15 is 0 Å². The van der Waals surface area contributed by atoms with Crippen molar-refractivity contribution in [3.8, 4) is 0 Å². The molecule has 1 aliphatic rings. The zero-order valence-corrected chi connectivity index (χ0v) is 11.9. The maximum atomic E-state index is 2.35.